The summed E-state index contributed by atoms with van der Waals surface area (Å²) in [5.41, 5.74) is 6.99. The molecule has 0 radical (unpaired) electrons. The largest absolute Gasteiger partial charge is 0.491 e. The molecule has 67 heavy (non-hydrogen) atoms. The monoisotopic (exact) mass is 940 g/mol. The lowest BCUT2D eigenvalue weighted by Crippen LogP contribution is -2.43. The topological polar surface area (TPSA) is 234 Å². The molecule has 0 bridgehead atoms. The van der Waals surface area contributed by atoms with E-state index in [0.717, 1.165) is 51.4 Å². The lowest BCUT2D eigenvalue weighted by atomic mass is 9.89. The van der Waals surface area contributed by atoms with Gasteiger partial charge in [0, 0.05) is 42.7 Å². The van der Waals surface area contributed by atoms with Crippen LogP contribution >= 0.6 is 0 Å². The zero-order valence-electron chi connectivity index (χ0n) is 36.8. The standard InChI is InChI=1S/C46H50F2N10O8S/c1-29-36-8-2-6-34(15-16-38(36)42(55-53-29)31-13-11-30(12-14-31)26-57-27-32(54-56-57)22-35-7-4-21-65-67(35,62)63)66-45(61)51-18-5-20-64-40-10-3-9-37-39(17-19-50-43(37)40)44(60)52-25-41(59)58-28-46(47,48)23-33(58)24-49/h3,9-14,17,19,27,33-35H,2,4-8,15-16,18,20-23,25-26,28H2,1H3,(H,51,61)(H,52,60)/t33-,34?,35?/m0/s1. The Hall–Kier alpha value is -6.66. The first kappa shape index (κ1) is 46.9. The molecule has 352 valence electrons. The van der Waals surface area contributed by atoms with E-state index < -0.39 is 64.8 Å². The highest BCUT2D eigenvalue weighted by atomic mass is 32.2. The van der Waals surface area contributed by atoms with Crippen molar-refractivity contribution in [2.75, 3.05) is 32.8 Å². The number of alkyl carbamates (subject to hydrolysis) is 1. The average molecular weight is 941 g/mol. The van der Waals surface area contributed by atoms with Crippen LogP contribution in [0.2, 0.25) is 0 Å². The average Bonchev–Trinajstić information content (AvgIpc) is 3.89. The third-order valence-corrected chi connectivity index (χ3v) is 13.9. The van der Waals surface area contributed by atoms with E-state index >= 15 is 0 Å². The molecule has 1 aliphatic carbocycles. The lowest BCUT2D eigenvalue weighted by molar-refractivity contribution is -0.131. The van der Waals surface area contributed by atoms with Gasteiger partial charge in [-0.05, 0) is 87.1 Å². The second-order valence-electron chi connectivity index (χ2n) is 17.0. The number of carbonyl (C=O) groups is 3. The molecular formula is C46H50F2N10O8S. The summed E-state index contributed by atoms with van der Waals surface area (Å²) in [5.74, 6) is -4.17. The molecule has 5 aromatic rings. The van der Waals surface area contributed by atoms with Crippen molar-refractivity contribution in [3.63, 3.8) is 0 Å². The Morgan fingerprint density at radius 1 is 1.00 bits per heavy atom. The molecule has 2 fully saturated rings. The Balaban J connectivity index is 0.800. The predicted molar refractivity (Wildman–Crippen MR) is 237 cm³/mol. The van der Waals surface area contributed by atoms with E-state index in [-0.39, 0.29) is 37.8 Å². The van der Waals surface area contributed by atoms with Crippen LogP contribution in [0.5, 0.6) is 5.75 Å². The van der Waals surface area contributed by atoms with Crippen LogP contribution in [0.4, 0.5) is 13.6 Å². The molecule has 2 saturated heterocycles. The van der Waals surface area contributed by atoms with Crippen LogP contribution in [0.1, 0.15) is 83.4 Å². The molecule has 8 rings (SSSR count). The van der Waals surface area contributed by atoms with Gasteiger partial charge in [-0.2, -0.15) is 18.8 Å². The summed E-state index contributed by atoms with van der Waals surface area (Å²) in [6, 6.07) is 15.0. The number of amides is 3. The molecule has 0 saturated carbocycles. The van der Waals surface area contributed by atoms with Crippen molar-refractivity contribution in [1.82, 2.24) is 45.7 Å². The van der Waals surface area contributed by atoms with Crippen molar-refractivity contribution < 1.29 is 45.2 Å². The fourth-order valence-electron chi connectivity index (χ4n) is 8.79. The molecule has 3 atom stereocenters. The molecule has 3 amide bonds. The van der Waals surface area contributed by atoms with Crippen molar-refractivity contribution in [2.45, 2.75) is 101 Å². The van der Waals surface area contributed by atoms with Crippen LogP contribution in [-0.2, 0) is 49.6 Å². The first-order valence-corrected chi connectivity index (χ1v) is 23.8. The van der Waals surface area contributed by atoms with Gasteiger partial charge in [-0.3, -0.25) is 18.8 Å². The van der Waals surface area contributed by atoms with E-state index in [1.165, 1.54) is 12.3 Å². The van der Waals surface area contributed by atoms with Gasteiger partial charge in [0.25, 0.3) is 21.9 Å². The molecule has 5 heterocycles. The van der Waals surface area contributed by atoms with Crippen LogP contribution in [-0.4, -0.2) is 118 Å². The highest BCUT2D eigenvalue weighted by Crippen LogP contribution is 2.33. The molecule has 0 spiro atoms. The molecule has 3 aromatic heterocycles. The number of likely N-dealkylation sites (tertiary alicyclic amines) is 1. The zero-order valence-corrected chi connectivity index (χ0v) is 37.6. The van der Waals surface area contributed by atoms with E-state index in [0.29, 0.717) is 67.4 Å². The van der Waals surface area contributed by atoms with Gasteiger partial charge in [0.15, 0.2) is 0 Å². The first-order chi connectivity index (χ1) is 32.3. The Morgan fingerprint density at radius 2 is 1.84 bits per heavy atom. The van der Waals surface area contributed by atoms with Gasteiger partial charge in [-0.15, -0.1) is 10.2 Å². The quantitative estimate of drug-likeness (QED) is 0.110. The third-order valence-electron chi connectivity index (χ3n) is 12.2. The van der Waals surface area contributed by atoms with Crippen molar-refractivity contribution in [3.8, 4) is 23.1 Å². The van der Waals surface area contributed by atoms with Crippen LogP contribution in [0.25, 0.3) is 22.2 Å². The van der Waals surface area contributed by atoms with Gasteiger partial charge in [-0.25, -0.2) is 18.3 Å². The number of halogens is 2. The maximum atomic E-state index is 13.8. The maximum Gasteiger partial charge on any atom is 0.407 e. The number of hydrogen-bond acceptors (Lipinski definition) is 14. The van der Waals surface area contributed by atoms with Crippen molar-refractivity contribution >= 4 is 38.9 Å². The fraction of sp³-hybridized carbons (Fsp3) is 0.457. The second kappa shape index (κ2) is 20.5. The van der Waals surface area contributed by atoms with Gasteiger partial charge < -0.3 is 25.0 Å². The molecule has 2 aromatic carbocycles. The number of nitrogens with one attached hydrogen (secondary N) is 2. The van der Waals surface area contributed by atoms with E-state index in [4.69, 9.17) is 13.7 Å². The Kier molecular flexibility index (Phi) is 14.3. The van der Waals surface area contributed by atoms with Crippen molar-refractivity contribution in [2.24, 2.45) is 0 Å². The van der Waals surface area contributed by atoms with Crippen molar-refractivity contribution in [3.05, 3.63) is 94.6 Å². The van der Waals surface area contributed by atoms with E-state index in [2.05, 4.69) is 36.1 Å². The summed E-state index contributed by atoms with van der Waals surface area (Å²) in [5, 5.41) is 31.9. The highest BCUT2D eigenvalue weighted by Gasteiger charge is 2.47. The number of pyridine rings is 1. The van der Waals surface area contributed by atoms with Crippen LogP contribution in [0.3, 0.4) is 0 Å². The van der Waals surface area contributed by atoms with E-state index in [1.54, 1.807) is 35.1 Å². The van der Waals surface area contributed by atoms with E-state index in [9.17, 15) is 36.8 Å². The minimum atomic E-state index is -3.60. The van der Waals surface area contributed by atoms with Crippen LogP contribution in [0.15, 0.2) is 60.9 Å². The second-order valence-corrected chi connectivity index (χ2v) is 18.9. The minimum Gasteiger partial charge on any atom is -0.491 e. The summed E-state index contributed by atoms with van der Waals surface area (Å²) in [6.07, 6.45) is 7.03. The molecule has 18 nitrogen and oxygen atoms in total. The van der Waals surface area contributed by atoms with Gasteiger partial charge in [0.1, 0.15) is 23.4 Å². The molecule has 2 aliphatic heterocycles. The highest BCUT2D eigenvalue weighted by molar-refractivity contribution is 7.87. The van der Waals surface area contributed by atoms with E-state index in [1.807, 2.05) is 31.2 Å². The third kappa shape index (κ3) is 11.3. The number of hydrogen-bond donors (Lipinski definition) is 2. The molecule has 2 N–H and O–H groups in total. The summed E-state index contributed by atoms with van der Waals surface area (Å²) in [7, 11) is -3.60. The number of aromatic nitrogens is 6. The van der Waals surface area contributed by atoms with Gasteiger partial charge in [0.2, 0.25) is 5.91 Å². The molecular weight excluding hydrogens is 891 g/mol. The number of fused-ring (bicyclic) bond motifs is 2. The molecule has 21 heteroatoms. The minimum absolute atomic E-state index is 0.198. The summed E-state index contributed by atoms with van der Waals surface area (Å²) >= 11 is 0. The maximum absolute atomic E-state index is 13.8. The summed E-state index contributed by atoms with van der Waals surface area (Å²) in [4.78, 5) is 43.9. The molecule has 3 aliphatic rings. The van der Waals surface area contributed by atoms with Crippen LogP contribution in [0, 0.1) is 18.3 Å². The van der Waals surface area contributed by atoms with Gasteiger partial charge >= 0.3 is 6.09 Å². The Bertz CT molecular complexity index is 2790. The van der Waals surface area contributed by atoms with Crippen molar-refractivity contribution in [1.29, 1.82) is 5.26 Å². The first-order valence-electron chi connectivity index (χ1n) is 22.3. The Morgan fingerprint density at radius 3 is 2.64 bits per heavy atom. The number of nitriles is 1. The molecule has 2 unspecified atom stereocenters. The Labute approximate surface area is 385 Å². The van der Waals surface area contributed by atoms with Gasteiger partial charge in [-0.1, -0.05) is 41.6 Å². The number of para-hydroxylation sites is 1. The number of ether oxygens (including phenoxy) is 2. The smallest absolute Gasteiger partial charge is 0.407 e. The normalized spacial score (nSPS) is 19.9. The van der Waals surface area contributed by atoms with Gasteiger partial charge in [0.05, 0.1) is 66.8 Å². The summed E-state index contributed by atoms with van der Waals surface area (Å²) < 4.78 is 70.8. The van der Waals surface area contributed by atoms with Crippen LogP contribution < -0.4 is 15.4 Å². The fourth-order valence-corrected chi connectivity index (χ4v) is 10.2. The number of carbonyl (C=O) groups excluding carboxylic acids is 3. The predicted octanol–water partition coefficient (Wildman–Crippen LogP) is 5.01. The number of nitrogens with zero attached hydrogens (tertiary/aromatic N) is 8. The summed E-state index contributed by atoms with van der Waals surface area (Å²) in [6.45, 7) is 1.69. The zero-order chi connectivity index (χ0) is 47.1. The number of benzene rings is 2. The number of rotatable bonds is 14. The number of alkyl halides is 2. The SMILES string of the molecule is Cc1nnc(-c2ccc(Cn3cc(CC4CCCOS4(=O)=O)nn3)cc2)c2c1CCCC(OC(=O)NCCCOc1cccc3c(C(=O)NCC(=O)N4CC(F)(F)C[C@H]4C#N)ccnc13)CC2. The number of aryl methyl sites for hydroxylation is 1. The lowest BCUT2D eigenvalue weighted by Gasteiger charge is -2.24.